The minimum Gasteiger partial charge on any atom is -0.485 e. The average Bonchev–Trinajstić information content (AvgIpc) is 2.98. The molecule has 5 nitrogen and oxygen atoms in total. The summed E-state index contributed by atoms with van der Waals surface area (Å²) in [5, 5.41) is 3.81. The van der Waals surface area contributed by atoms with Gasteiger partial charge in [0.15, 0.2) is 16.6 Å². The Bertz CT molecular complexity index is 896. The van der Waals surface area contributed by atoms with Crippen LogP contribution >= 0.6 is 22.9 Å². The number of thiazole rings is 1. The summed E-state index contributed by atoms with van der Waals surface area (Å²) in [6.45, 7) is 0.161. The third-order valence-electron chi connectivity index (χ3n) is 3.40. The van der Waals surface area contributed by atoms with Gasteiger partial charge in [0.1, 0.15) is 12.1 Å². The Kier molecular flexibility index (Phi) is 3.55. The van der Waals surface area contributed by atoms with E-state index >= 15 is 0 Å². The van der Waals surface area contributed by atoms with Gasteiger partial charge in [-0.05, 0) is 24.3 Å². The molecule has 2 heterocycles. The standard InChI is InChI=1S/C16H11ClN2O3S/c17-9-4-3-7-13-14(9)18-16(23-13)19-15(20)12-8-21-10-5-1-2-6-11(10)22-12/h1-7,12H,8H2,(H,18,19,20)/t12-/m0/s1. The van der Waals surface area contributed by atoms with Crippen LogP contribution in [0.15, 0.2) is 42.5 Å². The molecule has 1 amide bonds. The average molecular weight is 347 g/mol. The number of benzene rings is 2. The van der Waals surface area contributed by atoms with Crippen LogP contribution in [0.4, 0.5) is 5.13 Å². The van der Waals surface area contributed by atoms with Crippen LogP contribution < -0.4 is 14.8 Å². The molecule has 116 valence electrons. The van der Waals surface area contributed by atoms with Gasteiger partial charge in [-0.1, -0.05) is 41.1 Å². The van der Waals surface area contributed by atoms with Gasteiger partial charge >= 0.3 is 0 Å². The molecule has 3 aromatic rings. The van der Waals surface area contributed by atoms with Gasteiger partial charge in [-0.2, -0.15) is 0 Å². The molecule has 1 N–H and O–H groups in total. The van der Waals surface area contributed by atoms with Crippen molar-refractivity contribution in [2.24, 2.45) is 0 Å². The molecule has 0 aliphatic carbocycles. The summed E-state index contributed by atoms with van der Waals surface area (Å²) in [5.41, 5.74) is 0.681. The zero-order valence-corrected chi connectivity index (χ0v) is 13.4. The van der Waals surface area contributed by atoms with Gasteiger partial charge in [-0.15, -0.1) is 0 Å². The van der Waals surface area contributed by atoms with E-state index in [1.807, 2.05) is 24.3 Å². The Morgan fingerprint density at radius 1 is 1.22 bits per heavy atom. The summed E-state index contributed by atoms with van der Waals surface area (Å²) in [4.78, 5) is 16.7. The largest absolute Gasteiger partial charge is 0.485 e. The molecule has 0 spiro atoms. The lowest BCUT2D eigenvalue weighted by molar-refractivity contribution is -0.125. The van der Waals surface area contributed by atoms with Crippen molar-refractivity contribution in [1.82, 2.24) is 4.98 Å². The summed E-state index contributed by atoms with van der Waals surface area (Å²) in [7, 11) is 0. The lowest BCUT2D eigenvalue weighted by Gasteiger charge is -2.25. The third-order valence-corrected chi connectivity index (χ3v) is 4.64. The van der Waals surface area contributed by atoms with Gasteiger partial charge in [0, 0.05) is 0 Å². The van der Waals surface area contributed by atoms with E-state index in [2.05, 4.69) is 10.3 Å². The first-order valence-corrected chi connectivity index (χ1v) is 8.14. The van der Waals surface area contributed by atoms with Crippen molar-refractivity contribution in [2.75, 3.05) is 11.9 Å². The highest BCUT2D eigenvalue weighted by Gasteiger charge is 2.28. The predicted molar refractivity (Wildman–Crippen MR) is 89.6 cm³/mol. The van der Waals surface area contributed by atoms with E-state index < -0.39 is 6.10 Å². The van der Waals surface area contributed by atoms with Gasteiger partial charge < -0.3 is 9.47 Å². The highest BCUT2D eigenvalue weighted by molar-refractivity contribution is 7.22. The van der Waals surface area contributed by atoms with Crippen molar-refractivity contribution in [3.63, 3.8) is 0 Å². The number of para-hydroxylation sites is 3. The molecule has 1 atom stereocenters. The van der Waals surface area contributed by atoms with E-state index in [1.54, 1.807) is 18.2 Å². The first kappa shape index (κ1) is 14.3. The van der Waals surface area contributed by atoms with Crippen molar-refractivity contribution < 1.29 is 14.3 Å². The van der Waals surface area contributed by atoms with E-state index in [0.717, 1.165) is 4.70 Å². The summed E-state index contributed by atoms with van der Waals surface area (Å²) in [5.74, 6) is 0.907. The van der Waals surface area contributed by atoms with Crippen LogP contribution in [0.1, 0.15) is 0 Å². The molecule has 0 fully saturated rings. The van der Waals surface area contributed by atoms with Gasteiger partial charge in [-0.25, -0.2) is 4.98 Å². The van der Waals surface area contributed by atoms with Crippen LogP contribution in [0.5, 0.6) is 11.5 Å². The molecular formula is C16H11ClN2O3S. The second kappa shape index (κ2) is 5.72. The zero-order chi connectivity index (χ0) is 15.8. The van der Waals surface area contributed by atoms with E-state index in [9.17, 15) is 4.79 Å². The first-order valence-electron chi connectivity index (χ1n) is 6.95. The lowest BCUT2D eigenvalue weighted by atomic mass is 10.2. The summed E-state index contributed by atoms with van der Waals surface area (Å²) >= 11 is 7.46. The number of anilines is 1. The van der Waals surface area contributed by atoms with E-state index in [4.69, 9.17) is 21.1 Å². The SMILES string of the molecule is O=C(Nc1nc2c(Cl)cccc2s1)[C@@H]1COc2ccccc2O1. The molecule has 1 aromatic heterocycles. The Labute approximate surface area is 140 Å². The summed E-state index contributed by atoms with van der Waals surface area (Å²) in [6, 6.07) is 12.8. The van der Waals surface area contributed by atoms with Crippen LogP contribution in [0.25, 0.3) is 10.2 Å². The van der Waals surface area contributed by atoms with Gasteiger partial charge in [0.25, 0.3) is 5.91 Å². The third kappa shape index (κ3) is 2.71. The van der Waals surface area contributed by atoms with E-state index in [-0.39, 0.29) is 12.5 Å². The maximum Gasteiger partial charge on any atom is 0.270 e. The fourth-order valence-corrected chi connectivity index (χ4v) is 3.47. The molecule has 0 radical (unpaired) electrons. The number of fused-ring (bicyclic) bond motifs is 2. The fourth-order valence-electron chi connectivity index (χ4n) is 2.30. The molecule has 0 saturated carbocycles. The second-order valence-corrected chi connectivity index (χ2v) is 6.40. The first-order chi connectivity index (χ1) is 11.2. The Balaban J connectivity index is 1.52. The minimum absolute atomic E-state index is 0.161. The molecule has 23 heavy (non-hydrogen) atoms. The fraction of sp³-hybridized carbons (Fsp3) is 0.125. The van der Waals surface area contributed by atoms with Crippen LogP contribution in [-0.4, -0.2) is 23.6 Å². The molecule has 4 rings (SSSR count). The highest BCUT2D eigenvalue weighted by atomic mass is 35.5. The number of nitrogens with one attached hydrogen (secondary N) is 1. The number of carbonyl (C=O) groups excluding carboxylic acids is 1. The number of hydrogen-bond acceptors (Lipinski definition) is 5. The topological polar surface area (TPSA) is 60.5 Å². The maximum atomic E-state index is 12.4. The number of carbonyl (C=O) groups is 1. The number of hydrogen-bond donors (Lipinski definition) is 1. The van der Waals surface area contributed by atoms with Gasteiger partial charge in [0.05, 0.1) is 9.72 Å². The number of ether oxygens (including phenoxy) is 2. The lowest BCUT2D eigenvalue weighted by Crippen LogP contribution is -2.40. The van der Waals surface area contributed by atoms with Gasteiger partial charge in [0.2, 0.25) is 6.10 Å². The monoisotopic (exact) mass is 346 g/mol. The van der Waals surface area contributed by atoms with Crippen LogP contribution in [0, 0.1) is 0 Å². The molecule has 7 heteroatoms. The van der Waals surface area contributed by atoms with E-state index in [0.29, 0.717) is 27.2 Å². The smallest absolute Gasteiger partial charge is 0.270 e. The number of halogens is 1. The van der Waals surface area contributed by atoms with E-state index in [1.165, 1.54) is 11.3 Å². The number of rotatable bonds is 2. The number of aromatic nitrogens is 1. The number of nitrogens with zero attached hydrogens (tertiary/aromatic N) is 1. The van der Waals surface area contributed by atoms with Crippen LogP contribution in [0.3, 0.4) is 0 Å². The highest BCUT2D eigenvalue weighted by Crippen LogP contribution is 2.33. The molecular weight excluding hydrogens is 336 g/mol. The summed E-state index contributed by atoms with van der Waals surface area (Å²) < 4.78 is 12.1. The molecule has 0 bridgehead atoms. The Hall–Kier alpha value is -2.31. The molecule has 0 unspecified atom stereocenters. The van der Waals surface area contributed by atoms with Crippen LogP contribution in [-0.2, 0) is 4.79 Å². The maximum absolute atomic E-state index is 12.4. The molecule has 1 aliphatic rings. The quantitative estimate of drug-likeness (QED) is 0.768. The van der Waals surface area contributed by atoms with Gasteiger partial charge in [-0.3, -0.25) is 10.1 Å². The minimum atomic E-state index is -0.715. The molecule has 2 aromatic carbocycles. The van der Waals surface area contributed by atoms with Crippen LogP contribution in [0.2, 0.25) is 5.02 Å². The predicted octanol–water partition coefficient (Wildman–Crippen LogP) is 3.73. The second-order valence-electron chi connectivity index (χ2n) is 4.96. The zero-order valence-electron chi connectivity index (χ0n) is 11.8. The van der Waals surface area contributed by atoms with Crippen molar-refractivity contribution in [1.29, 1.82) is 0 Å². The summed E-state index contributed by atoms with van der Waals surface area (Å²) in [6.07, 6.45) is -0.715. The van der Waals surface area contributed by atoms with Crippen molar-refractivity contribution in [3.05, 3.63) is 47.5 Å². The van der Waals surface area contributed by atoms with Crippen molar-refractivity contribution >= 4 is 44.2 Å². The normalized spacial score (nSPS) is 16.3. The number of amides is 1. The van der Waals surface area contributed by atoms with Crippen molar-refractivity contribution in [3.8, 4) is 11.5 Å². The Morgan fingerprint density at radius 2 is 2.04 bits per heavy atom. The molecule has 1 aliphatic heterocycles. The molecule has 0 saturated heterocycles. The Morgan fingerprint density at radius 3 is 2.87 bits per heavy atom. The van der Waals surface area contributed by atoms with Crippen molar-refractivity contribution in [2.45, 2.75) is 6.10 Å².